The highest BCUT2D eigenvalue weighted by Gasteiger charge is 2.71. The Bertz CT molecular complexity index is 1910. The molecular weight excluding hydrogens is 981 g/mol. The summed E-state index contributed by atoms with van der Waals surface area (Å²) in [4.78, 5) is 0. The van der Waals surface area contributed by atoms with Crippen molar-refractivity contribution in [3.63, 3.8) is 0 Å². The van der Waals surface area contributed by atoms with Gasteiger partial charge in [0.1, 0.15) is 97.7 Å². The zero-order valence-electron chi connectivity index (χ0n) is 42.7. The highest BCUT2D eigenvalue weighted by molar-refractivity contribution is 5.17. The van der Waals surface area contributed by atoms with Crippen LogP contribution in [0.25, 0.3) is 0 Å². The van der Waals surface area contributed by atoms with Gasteiger partial charge in [0, 0.05) is 18.3 Å². The van der Waals surface area contributed by atoms with E-state index in [1.54, 1.807) is 0 Å². The van der Waals surface area contributed by atoms with Gasteiger partial charge in [-0.05, 0) is 104 Å². The van der Waals surface area contributed by atoms with E-state index in [1.165, 1.54) is 0 Å². The number of rotatable bonds is 11. The topological polar surface area (TPSA) is 366 Å². The van der Waals surface area contributed by atoms with Crippen LogP contribution in [0.5, 0.6) is 0 Å². The van der Waals surface area contributed by atoms with Crippen LogP contribution in [-0.4, -0.2) is 239 Å². The minimum atomic E-state index is -2.45. The van der Waals surface area contributed by atoms with Gasteiger partial charge in [0.2, 0.25) is 5.79 Å². The van der Waals surface area contributed by atoms with Gasteiger partial charge in [0.25, 0.3) is 0 Å². The van der Waals surface area contributed by atoms with E-state index < -0.39 is 160 Å². The summed E-state index contributed by atoms with van der Waals surface area (Å²) in [6.45, 7) is 6.53. The molecule has 0 radical (unpaired) electrons. The fourth-order valence-corrected chi connectivity index (χ4v) is 16.6. The molecular formula is C51H84O23. The number of fused-ring (bicyclic) bond motifs is 7. The summed E-state index contributed by atoms with van der Waals surface area (Å²) in [5, 5.41) is 154. The molecule has 1 spiro atoms. The third-order valence-corrected chi connectivity index (χ3v) is 20.8. The second-order valence-corrected chi connectivity index (χ2v) is 24.6. The Morgan fingerprint density at radius 3 is 1.62 bits per heavy atom. The van der Waals surface area contributed by atoms with E-state index in [1.807, 2.05) is 0 Å². The molecule has 0 unspecified atom stereocenters. The average Bonchev–Trinajstić information content (AvgIpc) is 3.84. The summed E-state index contributed by atoms with van der Waals surface area (Å²) >= 11 is 0. The summed E-state index contributed by atoms with van der Waals surface area (Å²) < 4.78 is 57.8. The van der Waals surface area contributed by atoms with Crippen molar-refractivity contribution in [2.75, 3.05) is 33.0 Å². The largest absolute Gasteiger partial charge is 0.394 e. The van der Waals surface area contributed by atoms with E-state index in [0.29, 0.717) is 49.0 Å². The number of ether oxygens (including phenoxy) is 9. The molecule has 0 aromatic rings. The molecule has 6 heterocycles. The summed E-state index contributed by atoms with van der Waals surface area (Å²) in [5.41, 5.74) is -0.199. The summed E-state index contributed by atoms with van der Waals surface area (Å²) in [6, 6.07) is 0. The fourth-order valence-electron chi connectivity index (χ4n) is 16.6. The molecule has 23 heteroatoms. The summed E-state index contributed by atoms with van der Waals surface area (Å²) in [5.74, 6) is -1.71. The minimum Gasteiger partial charge on any atom is -0.394 e. The van der Waals surface area contributed by atoms with Gasteiger partial charge in [0.05, 0.1) is 39.1 Å². The Morgan fingerprint density at radius 1 is 0.500 bits per heavy atom. The highest BCUT2D eigenvalue weighted by atomic mass is 16.8. The first kappa shape index (κ1) is 56.4. The average molecular weight is 1070 g/mol. The first-order chi connectivity index (χ1) is 35.1. The van der Waals surface area contributed by atoms with Crippen molar-refractivity contribution in [2.45, 2.75) is 226 Å². The van der Waals surface area contributed by atoms with Gasteiger partial charge >= 0.3 is 0 Å². The number of hydrogen-bond donors (Lipinski definition) is 14. The zero-order chi connectivity index (χ0) is 53.1. The second-order valence-electron chi connectivity index (χ2n) is 24.6. The Balaban J connectivity index is 1.01. The molecule has 14 N–H and O–H groups in total. The maximum absolute atomic E-state index is 12.2. The maximum Gasteiger partial charge on any atom is 0.203 e. The van der Waals surface area contributed by atoms with E-state index in [9.17, 15) is 71.5 Å². The van der Waals surface area contributed by atoms with Crippen LogP contribution in [0.2, 0.25) is 0 Å². The van der Waals surface area contributed by atoms with Crippen LogP contribution in [0.3, 0.4) is 0 Å². The van der Waals surface area contributed by atoms with Crippen LogP contribution in [0.1, 0.15) is 91.9 Å². The molecule has 426 valence electrons. The van der Waals surface area contributed by atoms with Gasteiger partial charge in [-0.15, -0.1) is 0 Å². The first-order valence-electron chi connectivity index (χ1n) is 27.3. The molecule has 10 rings (SSSR count). The predicted octanol–water partition coefficient (Wildman–Crippen LogP) is -3.32. The van der Waals surface area contributed by atoms with E-state index in [0.717, 1.165) is 44.9 Å². The van der Waals surface area contributed by atoms with Gasteiger partial charge in [0.15, 0.2) is 24.7 Å². The van der Waals surface area contributed by atoms with Crippen molar-refractivity contribution in [3.05, 3.63) is 0 Å². The lowest BCUT2D eigenvalue weighted by atomic mass is 9.43. The van der Waals surface area contributed by atoms with Crippen molar-refractivity contribution in [1.29, 1.82) is 0 Å². The van der Waals surface area contributed by atoms with Crippen LogP contribution in [0.15, 0.2) is 0 Å². The van der Waals surface area contributed by atoms with Crippen LogP contribution < -0.4 is 0 Å². The van der Waals surface area contributed by atoms with Crippen molar-refractivity contribution >= 4 is 0 Å². The van der Waals surface area contributed by atoms with Crippen LogP contribution in [0.4, 0.5) is 0 Å². The highest BCUT2D eigenvalue weighted by Crippen LogP contribution is 2.72. The molecule has 23 nitrogen and oxygen atoms in total. The van der Waals surface area contributed by atoms with Crippen molar-refractivity contribution in [3.8, 4) is 0 Å². The molecule has 6 aliphatic heterocycles. The Labute approximate surface area is 430 Å². The van der Waals surface area contributed by atoms with E-state index >= 15 is 0 Å². The molecule has 6 saturated heterocycles. The van der Waals surface area contributed by atoms with Gasteiger partial charge in [-0.3, -0.25) is 0 Å². The fraction of sp³-hybridized carbons (Fsp3) is 1.00. The molecule has 4 saturated carbocycles. The third-order valence-electron chi connectivity index (χ3n) is 20.8. The number of aliphatic hydroxyl groups is 14. The second kappa shape index (κ2) is 21.2. The zero-order valence-corrected chi connectivity index (χ0v) is 42.7. The lowest BCUT2D eigenvalue weighted by Gasteiger charge is -2.63. The Hall–Kier alpha value is -0.920. The van der Waals surface area contributed by atoms with Crippen LogP contribution >= 0.6 is 0 Å². The summed E-state index contributed by atoms with van der Waals surface area (Å²) in [7, 11) is 0. The first-order valence-corrected chi connectivity index (χ1v) is 27.3. The molecule has 74 heavy (non-hydrogen) atoms. The minimum absolute atomic E-state index is 0.0418. The summed E-state index contributed by atoms with van der Waals surface area (Å²) in [6.07, 6.45) is -27.8. The van der Waals surface area contributed by atoms with Crippen LogP contribution in [0, 0.1) is 58.2 Å². The molecule has 10 aliphatic rings. The third kappa shape index (κ3) is 8.99. The standard InChI is InChI=1S/C51H84O23/c1-20-7-12-50(66-19-20)21(2)32-27(72-50)14-26-24-6-5-22-13-23(8-10-48(22,3)25(24)9-11-49(26,32)4)51(74-47-42(65)39(62)35(58)30(17-54)69-47)44(71-46-41(64)38(61)34(57)29(16-53)68-46)43(36(59)31(18-55)73-51)70-45-40(63)37(60)33(56)28(15-52)67-45/h20-47,52-65H,5-19H2,1-4H3/t20-,21+,22+,23+,24+,25-,26-,27+,28+,29+,30+,31-,32+,33+,34+,35+,36-,37-,38-,39-,40+,41+,42+,43+,44-,45-,46-,47-,48+,49+,50-,51+/m1/s1. The van der Waals surface area contributed by atoms with Gasteiger partial charge in [-0.2, -0.15) is 0 Å². The monoisotopic (exact) mass is 1060 g/mol. The van der Waals surface area contributed by atoms with E-state index in [4.69, 9.17) is 42.6 Å². The van der Waals surface area contributed by atoms with Crippen LogP contribution in [-0.2, 0) is 42.6 Å². The quantitative estimate of drug-likeness (QED) is 0.0963. The van der Waals surface area contributed by atoms with Crippen molar-refractivity contribution < 1.29 is 114 Å². The molecule has 0 aromatic carbocycles. The number of aliphatic hydroxyl groups excluding tert-OH is 14. The van der Waals surface area contributed by atoms with Crippen molar-refractivity contribution in [1.82, 2.24) is 0 Å². The van der Waals surface area contributed by atoms with Gasteiger partial charge in [-0.25, -0.2) is 0 Å². The predicted molar refractivity (Wildman–Crippen MR) is 248 cm³/mol. The van der Waals surface area contributed by atoms with Gasteiger partial charge in [-0.1, -0.05) is 27.7 Å². The Kier molecular flexibility index (Phi) is 16.1. The SMILES string of the molecule is C[C@@H]1CC[C@@]2(OC1)O[C@H]1C[C@@H]3[C@H]4CC[C@H]5C[C@@H]([C@@]6(O[C@H]7O[C@@H](CO)[C@H](O)[C@@H](O)[C@@H]7O)O[C@H](CO)[C@@H](O)[C@H](O[C@H]7O[C@@H](CO)[C@H](O)[C@@H](O)[C@@H]7O)[C@H]6O[C@H]6O[C@@H](CO)[C@H](O)[C@@H](O)[C@@H]6O)CC[C@]5(C)[C@@H]4CC[C@]3(C)[C@H]1[C@@H]2C. The molecule has 10 fully saturated rings. The lowest BCUT2D eigenvalue weighted by Crippen LogP contribution is -2.75. The lowest BCUT2D eigenvalue weighted by molar-refractivity contribution is -0.466. The molecule has 32 atom stereocenters. The van der Waals surface area contributed by atoms with E-state index in [2.05, 4.69) is 27.7 Å². The molecule has 0 amide bonds. The van der Waals surface area contributed by atoms with E-state index in [-0.39, 0.29) is 35.2 Å². The molecule has 0 aromatic heterocycles. The smallest absolute Gasteiger partial charge is 0.203 e. The molecule has 4 aliphatic carbocycles. The van der Waals surface area contributed by atoms with Crippen molar-refractivity contribution in [2.24, 2.45) is 58.2 Å². The number of hydrogen-bond acceptors (Lipinski definition) is 23. The maximum atomic E-state index is 12.2. The molecule has 0 bridgehead atoms. The normalized spacial score (nSPS) is 58.6. The van der Waals surface area contributed by atoms with Gasteiger partial charge < -0.3 is 114 Å². The Morgan fingerprint density at radius 2 is 1.05 bits per heavy atom.